The molecule has 1 aromatic carbocycles. The molecule has 0 spiro atoms. The second-order valence-corrected chi connectivity index (χ2v) is 5.76. The van der Waals surface area contributed by atoms with Crippen molar-refractivity contribution in [2.75, 3.05) is 0 Å². The second kappa shape index (κ2) is 7.53. The van der Waals surface area contributed by atoms with Gasteiger partial charge in [0.15, 0.2) is 0 Å². The van der Waals surface area contributed by atoms with Gasteiger partial charge in [-0.1, -0.05) is 57.9 Å². The Morgan fingerprint density at radius 1 is 1.16 bits per heavy atom. The molecule has 1 atom stereocenters. The quantitative estimate of drug-likeness (QED) is 0.571. The Balaban J connectivity index is 3.33. The van der Waals surface area contributed by atoms with Crippen LogP contribution in [0, 0.1) is 12.8 Å². The smallest absolute Gasteiger partial charge is 0.0188 e. The van der Waals surface area contributed by atoms with Crippen LogP contribution in [0.4, 0.5) is 0 Å². The van der Waals surface area contributed by atoms with Crippen molar-refractivity contribution in [2.45, 2.75) is 67.2 Å². The van der Waals surface area contributed by atoms with Crippen LogP contribution in [0.1, 0.15) is 70.6 Å². The van der Waals surface area contributed by atoms with Gasteiger partial charge in [-0.3, -0.25) is 0 Å². The molecule has 106 valence electrons. The molecule has 0 aromatic heterocycles. The van der Waals surface area contributed by atoms with Crippen molar-refractivity contribution in [1.29, 1.82) is 0 Å². The molecule has 0 aliphatic rings. The van der Waals surface area contributed by atoms with Crippen LogP contribution in [0.25, 0.3) is 5.57 Å². The highest BCUT2D eigenvalue weighted by atomic mass is 14.2. The fraction of sp³-hybridized carbons (Fsp3) is 0.579. The zero-order valence-electron chi connectivity index (χ0n) is 13.6. The largest absolute Gasteiger partial charge is 0.0695 e. The van der Waals surface area contributed by atoms with E-state index in [0.717, 1.165) is 6.42 Å². The SMILES string of the molecule is CCCc1ccc(C)c(C(=C(C)CC)C(C)CC)c1. The number of hydrogen-bond donors (Lipinski definition) is 0. The van der Waals surface area contributed by atoms with Gasteiger partial charge in [-0.2, -0.15) is 0 Å². The topological polar surface area (TPSA) is 0 Å². The lowest BCUT2D eigenvalue weighted by Crippen LogP contribution is -2.03. The molecule has 0 amide bonds. The van der Waals surface area contributed by atoms with Gasteiger partial charge in [-0.25, -0.2) is 0 Å². The molecule has 0 bridgehead atoms. The fourth-order valence-corrected chi connectivity index (χ4v) is 2.71. The summed E-state index contributed by atoms with van der Waals surface area (Å²) in [4.78, 5) is 0. The van der Waals surface area contributed by atoms with E-state index in [1.54, 1.807) is 11.1 Å². The maximum absolute atomic E-state index is 2.43. The summed E-state index contributed by atoms with van der Waals surface area (Å²) in [5, 5.41) is 0. The van der Waals surface area contributed by atoms with Crippen molar-refractivity contribution in [1.82, 2.24) is 0 Å². The maximum Gasteiger partial charge on any atom is -0.0188 e. The molecule has 0 heterocycles. The minimum atomic E-state index is 0.649. The summed E-state index contributed by atoms with van der Waals surface area (Å²) in [7, 11) is 0. The lowest BCUT2D eigenvalue weighted by atomic mass is 9.84. The summed E-state index contributed by atoms with van der Waals surface area (Å²) in [5.74, 6) is 0.649. The maximum atomic E-state index is 2.43. The van der Waals surface area contributed by atoms with E-state index in [0.29, 0.717) is 5.92 Å². The monoisotopic (exact) mass is 258 g/mol. The van der Waals surface area contributed by atoms with E-state index in [1.165, 1.54) is 36.0 Å². The van der Waals surface area contributed by atoms with Gasteiger partial charge in [-0.05, 0) is 61.3 Å². The number of aryl methyl sites for hydroxylation is 2. The molecular weight excluding hydrogens is 228 g/mol. The number of hydrogen-bond acceptors (Lipinski definition) is 0. The zero-order chi connectivity index (χ0) is 14.4. The van der Waals surface area contributed by atoms with Gasteiger partial charge < -0.3 is 0 Å². The van der Waals surface area contributed by atoms with Crippen LogP contribution in [0.15, 0.2) is 23.8 Å². The molecule has 0 saturated heterocycles. The van der Waals surface area contributed by atoms with Crippen molar-refractivity contribution in [3.05, 3.63) is 40.5 Å². The highest BCUT2D eigenvalue weighted by Crippen LogP contribution is 2.33. The van der Waals surface area contributed by atoms with E-state index in [2.05, 4.69) is 59.7 Å². The average Bonchev–Trinajstić information content (AvgIpc) is 2.42. The third kappa shape index (κ3) is 3.96. The molecule has 0 radical (unpaired) electrons. The van der Waals surface area contributed by atoms with E-state index in [1.807, 2.05) is 0 Å². The summed E-state index contributed by atoms with van der Waals surface area (Å²) >= 11 is 0. The Bertz CT molecular complexity index is 437. The molecular formula is C19H30. The van der Waals surface area contributed by atoms with Crippen LogP contribution in [-0.4, -0.2) is 0 Å². The molecule has 0 fully saturated rings. The van der Waals surface area contributed by atoms with Crippen LogP contribution in [-0.2, 0) is 6.42 Å². The lowest BCUT2D eigenvalue weighted by molar-refractivity contribution is 0.709. The number of benzene rings is 1. The molecule has 0 aliphatic carbocycles. The van der Waals surface area contributed by atoms with Gasteiger partial charge in [0.05, 0.1) is 0 Å². The first kappa shape index (κ1) is 16.0. The molecule has 1 aromatic rings. The van der Waals surface area contributed by atoms with E-state index in [4.69, 9.17) is 0 Å². The Morgan fingerprint density at radius 2 is 1.84 bits per heavy atom. The van der Waals surface area contributed by atoms with E-state index < -0.39 is 0 Å². The first-order valence-corrected chi connectivity index (χ1v) is 7.84. The highest BCUT2D eigenvalue weighted by molar-refractivity contribution is 5.72. The first-order chi connectivity index (χ1) is 9.04. The Labute approximate surface area is 119 Å². The molecule has 1 rings (SSSR count). The Hall–Kier alpha value is -1.04. The van der Waals surface area contributed by atoms with Crippen LogP contribution in [0.2, 0.25) is 0 Å². The molecule has 0 heteroatoms. The van der Waals surface area contributed by atoms with E-state index in [9.17, 15) is 0 Å². The summed E-state index contributed by atoms with van der Waals surface area (Å²) in [6, 6.07) is 7.02. The molecule has 0 N–H and O–H groups in total. The van der Waals surface area contributed by atoms with Crippen molar-refractivity contribution in [3.63, 3.8) is 0 Å². The summed E-state index contributed by atoms with van der Waals surface area (Å²) in [5.41, 5.74) is 7.52. The molecule has 19 heavy (non-hydrogen) atoms. The summed E-state index contributed by atoms with van der Waals surface area (Å²) in [6.07, 6.45) is 4.77. The summed E-state index contributed by atoms with van der Waals surface area (Å²) in [6.45, 7) is 13.7. The van der Waals surface area contributed by atoms with Crippen LogP contribution in [0.3, 0.4) is 0 Å². The Kier molecular flexibility index (Phi) is 6.34. The van der Waals surface area contributed by atoms with Gasteiger partial charge in [0, 0.05) is 0 Å². The van der Waals surface area contributed by atoms with Crippen LogP contribution >= 0.6 is 0 Å². The average molecular weight is 258 g/mol. The third-order valence-corrected chi connectivity index (χ3v) is 4.23. The number of rotatable bonds is 6. The second-order valence-electron chi connectivity index (χ2n) is 5.76. The predicted molar refractivity (Wildman–Crippen MR) is 87.5 cm³/mol. The standard InChI is InChI=1S/C19H30/c1-7-10-17-12-11-16(6)18(13-17)19(14(4)8-2)15(5)9-3/h11-14H,7-10H2,1-6H3. The van der Waals surface area contributed by atoms with Gasteiger partial charge in [-0.15, -0.1) is 0 Å². The Morgan fingerprint density at radius 3 is 2.37 bits per heavy atom. The van der Waals surface area contributed by atoms with Crippen molar-refractivity contribution < 1.29 is 0 Å². The minimum absolute atomic E-state index is 0.649. The van der Waals surface area contributed by atoms with Crippen LogP contribution in [0.5, 0.6) is 0 Å². The van der Waals surface area contributed by atoms with Gasteiger partial charge in [0.25, 0.3) is 0 Å². The van der Waals surface area contributed by atoms with Crippen molar-refractivity contribution in [2.24, 2.45) is 5.92 Å². The minimum Gasteiger partial charge on any atom is -0.0695 e. The lowest BCUT2D eigenvalue weighted by Gasteiger charge is -2.21. The highest BCUT2D eigenvalue weighted by Gasteiger charge is 2.14. The molecule has 1 unspecified atom stereocenters. The molecule has 0 aliphatic heterocycles. The van der Waals surface area contributed by atoms with Crippen molar-refractivity contribution in [3.8, 4) is 0 Å². The van der Waals surface area contributed by atoms with Crippen molar-refractivity contribution >= 4 is 5.57 Å². The predicted octanol–water partition coefficient (Wildman–Crippen LogP) is 6.18. The van der Waals surface area contributed by atoms with E-state index >= 15 is 0 Å². The zero-order valence-corrected chi connectivity index (χ0v) is 13.6. The molecule has 0 saturated carbocycles. The van der Waals surface area contributed by atoms with Gasteiger partial charge in [0.2, 0.25) is 0 Å². The third-order valence-electron chi connectivity index (χ3n) is 4.23. The molecule has 0 nitrogen and oxygen atoms in total. The first-order valence-electron chi connectivity index (χ1n) is 7.84. The van der Waals surface area contributed by atoms with Gasteiger partial charge in [0.1, 0.15) is 0 Å². The normalized spacial score (nSPS) is 14.2. The van der Waals surface area contributed by atoms with Crippen LogP contribution < -0.4 is 0 Å². The van der Waals surface area contributed by atoms with E-state index in [-0.39, 0.29) is 0 Å². The fourth-order valence-electron chi connectivity index (χ4n) is 2.71. The number of allylic oxidation sites excluding steroid dienone is 2. The van der Waals surface area contributed by atoms with Gasteiger partial charge >= 0.3 is 0 Å². The summed E-state index contributed by atoms with van der Waals surface area (Å²) < 4.78 is 0.